The molecule has 3 rings (SSSR count). The van der Waals surface area contributed by atoms with Crippen molar-refractivity contribution in [3.63, 3.8) is 0 Å². The summed E-state index contributed by atoms with van der Waals surface area (Å²) in [6.45, 7) is 0.414. The lowest BCUT2D eigenvalue weighted by atomic mass is 9.98. The van der Waals surface area contributed by atoms with Gasteiger partial charge in [0.1, 0.15) is 5.82 Å². The zero-order valence-corrected chi connectivity index (χ0v) is 13.2. The van der Waals surface area contributed by atoms with E-state index < -0.39 is 5.82 Å². The number of ether oxygens (including phenoxy) is 1. The Hall–Kier alpha value is -2.11. The van der Waals surface area contributed by atoms with E-state index in [1.54, 1.807) is 25.4 Å². The third-order valence-electron chi connectivity index (χ3n) is 3.64. The SMILES string of the molecule is COCC1=Nc2nccc(C(=O)Cc3ccc(F)c(Cl)c3)c2C1. The molecule has 1 aromatic heterocycles. The largest absolute Gasteiger partial charge is 0.379 e. The monoisotopic (exact) mass is 332 g/mol. The van der Waals surface area contributed by atoms with Crippen LogP contribution in [0.25, 0.3) is 0 Å². The summed E-state index contributed by atoms with van der Waals surface area (Å²) in [6, 6.07) is 6.00. The van der Waals surface area contributed by atoms with Crippen molar-refractivity contribution in [1.82, 2.24) is 4.98 Å². The molecule has 118 valence electrons. The van der Waals surface area contributed by atoms with Crippen molar-refractivity contribution >= 4 is 28.9 Å². The molecule has 2 heterocycles. The molecule has 2 aromatic rings. The van der Waals surface area contributed by atoms with Crippen molar-refractivity contribution in [3.05, 3.63) is 58.0 Å². The number of nitrogens with zero attached hydrogens (tertiary/aromatic N) is 2. The molecule has 0 saturated heterocycles. The van der Waals surface area contributed by atoms with Crippen LogP contribution in [0.2, 0.25) is 5.02 Å². The minimum absolute atomic E-state index is 0.0148. The van der Waals surface area contributed by atoms with Crippen LogP contribution >= 0.6 is 11.6 Å². The molecular formula is C17H14ClFN2O2. The third kappa shape index (κ3) is 3.30. The van der Waals surface area contributed by atoms with Gasteiger partial charge in [0.2, 0.25) is 0 Å². The zero-order valence-electron chi connectivity index (χ0n) is 12.5. The normalized spacial score (nSPS) is 12.9. The van der Waals surface area contributed by atoms with Crippen LogP contribution < -0.4 is 0 Å². The second kappa shape index (κ2) is 6.56. The number of carbonyl (C=O) groups excluding carboxylic acids is 1. The highest BCUT2D eigenvalue weighted by atomic mass is 35.5. The molecule has 1 aliphatic rings. The number of hydrogen-bond donors (Lipinski definition) is 0. The minimum Gasteiger partial charge on any atom is -0.379 e. The Balaban J connectivity index is 1.83. The summed E-state index contributed by atoms with van der Waals surface area (Å²) in [5, 5.41) is 0.0148. The van der Waals surface area contributed by atoms with Gasteiger partial charge in [-0.1, -0.05) is 17.7 Å². The first-order chi connectivity index (χ1) is 11.1. The van der Waals surface area contributed by atoms with Gasteiger partial charge in [-0.15, -0.1) is 0 Å². The van der Waals surface area contributed by atoms with Gasteiger partial charge >= 0.3 is 0 Å². The minimum atomic E-state index is -0.495. The first kappa shape index (κ1) is 15.8. The van der Waals surface area contributed by atoms with Crippen molar-refractivity contribution in [2.24, 2.45) is 4.99 Å². The van der Waals surface area contributed by atoms with E-state index >= 15 is 0 Å². The quantitative estimate of drug-likeness (QED) is 0.786. The van der Waals surface area contributed by atoms with Crippen LogP contribution in [0.15, 0.2) is 35.5 Å². The Labute approximate surface area is 138 Å². The highest BCUT2D eigenvalue weighted by Gasteiger charge is 2.22. The number of halogens is 2. The number of rotatable bonds is 5. The van der Waals surface area contributed by atoms with E-state index in [9.17, 15) is 9.18 Å². The number of Topliss-reactive ketones (excluding diaryl/α,β-unsaturated/α-hetero) is 1. The number of hydrogen-bond acceptors (Lipinski definition) is 4. The Kier molecular flexibility index (Phi) is 4.50. The topological polar surface area (TPSA) is 51.6 Å². The van der Waals surface area contributed by atoms with Crippen LogP contribution in [0.5, 0.6) is 0 Å². The molecule has 6 heteroatoms. The number of aromatic nitrogens is 1. The van der Waals surface area contributed by atoms with Gasteiger partial charge in [0.05, 0.1) is 17.3 Å². The first-order valence-electron chi connectivity index (χ1n) is 7.09. The lowest BCUT2D eigenvalue weighted by Gasteiger charge is -2.07. The average molecular weight is 333 g/mol. The van der Waals surface area contributed by atoms with E-state index in [4.69, 9.17) is 16.3 Å². The molecule has 1 aromatic carbocycles. The summed E-state index contributed by atoms with van der Waals surface area (Å²) in [5.41, 5.74) is 2.92. The lowest BCUT2D eigenvalue weighted by Crippen LogP contribution is -2.11. The molecule has 1 aliphatic heterocycles. The van der Waals surface area contributed by atoms with Gasteiger partial charge in [-0.25, -0.2) is 14.4 Å². The van der Waals surface area contributed by atoms with E-state index in [2.05, 4.69) is 9.98 Å². The van der Waals surface area contributed by atoms with Gasteiger partial charge in [-0.3, -0.25) is 4.79 Å². The Morgan fingerprint density at radius 2 is 2.22 bits per heavy atom. The van der Waals surface area contributed by atoms with Gasteiger partial charge in [0.15, 0.2) is 11.6 Å². The molecule has 0 N–H and O–H groups in total. The van der Waals surface area contributed by atoms with Gasteiger partial charge in [-0.2, -0.15) is 0 Å². The molecule has 0 radical (unpaired) electrons. The third-order valence-corrected chi connectivity index (χ3v) is 3.93. The van der Waals surface area contributed by atoms with Crippen LogP contribution in [-0.2, 0) is 17.6 Å². The number of carbonyl (C=O) groups is 1. The molecule has 0 amide bonds. The van der Waals surface area contributed by atoms with E-state index in [1.807, 2.05) is 0 Å². The van der Waals surface area contributed by atoms with Crippen molar-refractivity contribution in [2.75, 3.05) is 13.7 Å². The molecule has 0 atom stereocenters. The standard InChI is InChI=1S/C17H14ClFN2O2/c1-23-9-11-8-13-12(4-5-20-17(13)21-11)16(22)7-10-2-3-15(19)14(18)6-10/h2-6H,7-9H2,1H3. The molecule has 0 unspecified atom stereocenters. The summed E-state index contributed by atoms with van der Waals surface area (Å²) < 4.78 is 18.3. The number of fused-ring (bicyclic) bond motifs is 1. The summed E-state index contributed by atoms with van der Waals surface area (Å²) >= 11 is 5.76. The van der Waals surface area contributed by atoms with Crippen LogP contribution in [0.1, 0.15) is 21.5 Å². The predicted octanol–water partition coefficient (Wildman–Crippen LogP) is 3.57. The van der Waals surface area contributed by atoms with E-state index in [0.717, 1.165) is 11.3 Å². The maximum absolute atomic E-state index is 13.2. The molecule has 0 spiro atoms. The van der Waals surface area contributed by atoms with Crippen molar-refractivity contribution < 1.29 is 13.9 Å². The maximum atomic E-state index is 13.2. The number of benzene rings is 1. The second-order valence-electron chi connectivity index (χ2n) is 5.30. The summed E-state index contributed by atoms with van der Waals surface area (Å²) in [6.07, 6.45) is 2.28. The number of ketones is 1. The van der Waals surface area contributed by atoms with Gasteiger partial charge in [0.25, 0.3) is 0 Å². The van der Waals surface area contributed by atoms with Crippen molar-refractivity contribution in [2.45, 2.75) is 12.8 Å². The summed E-state index contributed by atoms with van der Waals surface area (Å²) in [4.78, 5) is 21.2. The second-order valence-corrected chi connectivity index (χ2v) is 5.70. The van der Waals surface area contributed by atoms with Crippen molar-refractivity contribution in [3.8, 4) is 0 Å². The van der Waals surface area contributed by atoms with Crippen molar-refractivity contribution in [1.29, 1.82) is 0 Å². The van der Waals surface area contributed by atoms with Gasteiger partial charge in [0, 0.05) is 37.3 Å². The fourth-order valence-electron chi connectivity index (χ4n) is 2.59. The Morgan fingerprint density at radius 1 is 1.39 bits per heavy atom. The molecule has 4 nitrogen and oxygen atoms in total. The number of methoxy groups -OCH3 is 1. The fraction of sp³-hybridized carbons (Fsp3) is 0.235. The van der Waals surface area contributed by atoms with Crippen LogP contribution in [0, 0.1) is 5.82 Å². The first-order valence-corrected chi connectivity index (χ1v) is 7.46. The molecule has 23 heavy (non-hydrogen) atoms. The van der Waals surface area contributed by atoms with Gasteiger partial charge < -0.3 is 4.74 Å². The molecule has 0 saturated carbocycles. The summed E-state index contributed by atoms with van der Waals surface area (Å²) in [5.74, 6) is 0.00510. The number of pyridine rings is 1. The fourth-order valence-corrected chi connectivity index (χ4v) is 2.79. The van der Waals surface area contributed by atoms with E-state index in [1.165, 1.54) is 12.1 Å². The maximum Gasteiger partial charge on any atom is 0.167 e. The average Bonchev–Trinajstić information content (AvgIpc) is 2.93. The van der Waals surface area contributed by atoms with Crippen LogP contribution in [0.4, 0.5) is 10.2 Å². The molecule has 0 bridgehead atoms. The lowest BCUT2D eigenvalue weighted by molar-refractivity contribution is 0.0992. The van der Waals surface area contributed by atoms with Gasteiger partial charge in [-0.05, 0) is 23.8 Å². The Morgan fingerprint density at radius 3 is 2.96 bits per heavy atom. The zero-order chi connectivity index (χ0) is 16.4. The van der Waals surface area contributed by atoms with E-state index in [0.29, 0.717) is 30.0 Å². The predicted molar refractivity (Wildman–Crippen MR) is 86.4 cm³/mol. The highest BCUT2D eigenvalue weighted by molar-refractivity contribution is 6.30. The number of aliphatic imine (C=N–C) groups is 1. The summed E-state index contributed by atoms with van der Waals surface area (Å²) in [7, 11) is 1.60. The highest BCUT2D eigenvalue weighted by Crippen LogP contribution is 2.28. The molecule has 0 fully saturated rings. The van der Waals surface area contributed by atoms with E-state index in [-0.39, 0.29) is 17.2 Å². The molecule has 0 aliphatic carbocycles. The molecular weight excluding hydrogens is 319 g/mol. The smallest absolute Gasteiger partial charge is 0.167 e. The van der Waals surface area contributed by atoms with Crippen LogP contribution in [0.3, 0.4) is 0 Å². The Bertz CT molecular complexity index is 805. The van der Waals surface area contributed by atoms with Crippen LogP contribution in [-0.4, -0.2) is 30.2 Å².